The maximum absolute atomic E-state index is 12.3. The van der Waals surface area contributed by atoms with Crippen molar-refractivity contribution < 1.29 is 14.0 Å². The van der Waals surface area contributed by atoms with Gasteiger partial charge in [0, 0.05) is 23.1 Å². The molecule has 3 N–H and O–H groups in total. The van der Waals surface area contributed by atoms with E-state index in [1.165, 1.54) is 0 Å². The van der Waals surface area contributed by atoms with Crippen molar-refractivity contribution in [3.8, 4) is 0 Å². The van der Waals surface area contributed by atoms with Gasteiger partial charge in [0.1, 0.15) is 5.58 Å². The first-order valence-electron chi connectivity index (χ1n) is 7.21. The summed E-state index contributed by atoms with van der Waals surface area (Å²) in [7, 11) is 0. The number of carbonyl (C=O) groups excluding carboxylic acids is 2. The van der Waals surface area contributed by atoms with Crippen LogP contribution >= 0.6 is 0 Å². The zero-order valence-electron chi connectivity index (χ0n) is 12.6. The highest BCUT2D eigenvalue weighted by Gasteiger charge is 2.17. The fraction of sp³-hybridized carbons (Fsp3) is 0.111. The molecule has 23 heavy (non-hydrogen) atoms. The van der Waals surface area contributed by atoms with E-state index < -0.39 is 5.91 Å². The summed E-state index contributed by atoms with van der Waals surface area (Å²) in [5, 5.41) is 3.72. The van der Waals surface area contributed by atoms with E-state index in [9.17, 15) is 9.59 Å². The van der Waals surface area contributed by atoms with Crippen molar-refractivity contribution in [2.45, 2.75) is 13.5 Å². The van der Waals surface area contributed by atoms with Gasteiger partial charge in [-0.2, -0.15) is 0 Å². The van der Waals surface area contributed by atoms with E-state index >= 15 is 0 Å². The van der Waals surface area contributed by atoms with E-state index in [0.29, 0.717) is 16.9 Å². The summed E-state index contributed by atoms with van der Waals surface area (Å²) in [6.07, 6.45) is 0. The number of furan rings is 1. The van der Waals surface area contributed by atoms with Crippen LogP contribution in [0.15, 0.2) is 52.9 Å². The zero-order chi connectivity index (χ0) is 16.4. The number of primary amides is 1. The van der Waals surface area contributed by atoms with Crippen LogP contribution in [0.2, 0.25) is 0 Å². The number of para-hydroxylation sites is 1. The molecule has 2 aromatic carbocycles. The van der Waals surface area contributed by atoms with Crippen LogP contribution in [0.4, 0.5) is 0 Å². The number of aryl methyl sites for hydroxylation is 1. The summed E-state index contributed by atoms with van der Waals surface area (Å²) in [6.45, 7) is 2.14. The molecular weight excluding hydrogens is 292 g/mol. The van der Waals surface area contributed by atoms with Crippen LogP contribution in [-0.4, -0.2) is 11.8 Å². The number of nitrogens with one attached hydrogen (secondary N) is 1. The van der Waals surface area contributed by atoms with Gasteiger partial charge >= 0.3 is 0 Å². The van der Waals surface area contributed by atoms with Gasteiger partial charge < -0.3 is 15.5 Å². The average molecular weight is 308 g/mol. The summed E-state index contributed by atoms with van der Waals surface area (Å²) >= 11 is 0. The van der Waals surface area contributed by atoms with Crippen LogP contribution in [0.3, 0.4) is 0 Å². The highest BCUT2D eigenvalue weighted by molar-refractivity contribution is 5.99. The molecule has 0 aliphatic carbocycles. The van der Waals surface area contributed by atoms with Gasteiger partial charge in [0.25, 0.3) is 5.91 Å². The van der Waals surface area contributed by atoms with Crippen LogP contribution in [0.1, 0.15) is 32.0 Å². The van der Waals surface area contributed by atoms with Crippen molar-refractivity contribution in [2.75, 3.05) is 0 Å². The minimum Gasteiger partial charge on any atom is -0.451 e. The molecule has 116 valence electrons. The molecule has 3 aromatic rings. The number of amides is 2. The van der Waals surface area contributed by atoms with Gasteiger partial charge in [-0.15, -0.1) is 0 Å². The van der Waals surface area contributed by atoms with Gasteiger partial charge in [-0.25, -0.2) is 0 Å². The minimum absolute atomic E-state index is 0.288. The van der Waals surface area contributed by atoms with E-state index in [1.54, 1.807) is 18.2 Å². The molecule has 3 rings (SSSR count). The number of carbonyl (C=O) groups is 2. The Morgan fingerprint density at radius 1 is 1.13 bits per heavy atom. The highest BCUT2D eigenvalue weighted by Crippen LogP contribution is 2.24. The molecular formula is C18H16N2O3. The molecule has 0 saturated heterocycles. The van der Waals surface area contributed by atoms with Crippen LogP contribution in [0.25, 0.3) is 11.0 Å². The van der Waals surface area contributed by atoms with Gasteiger partial charge in [-0.3, -0.25) is 9.59 Å². The van der Waals surface area contributed by atoms with Crippen molar-refractivity contribution in [1.82, 2.24) is 5.32 Å². The van der Waals surface area contributed by atoms with Crippen LogP contribution < -0.4 is 11.1 Å². The molecule has 0 fully saturated rings. The third-order valence-electron chi connectivity index (χ3n) is 3.71. The Kier molecular flexibility index (Phi) is 3.85. The molecule has 0 radical (unpaired) electrons. The van der Waals surface area contributed by atoms with Gasteiger partial charge in [-0.1, -0.05) is 30.3 Å². The second-order valence-electron chi connectivity index (χ2n) is 5.30. The Hall–Kier alpha value is -3.08. The van der Waals surface area contributed by atoms with E-state index in [-0.39, 0.29) is 12.5 Å². The Bertz CT molecular complexity index is 896. The number of fused-ring (bicyclic) bond motifs is 1. The Balaban J connectivity index is 1.77. The van der Waals surface area contributed by atoms with Crippen molar-refractivity contribution in [2.24, 2.45) is 5.73 Å². The molecule has 0 unspecified atom stereocenters. The monoisotopic (exact) mass is 308 g/mol. The number of nitrogens with two attached hydrogens (primary N) is 1. The van der Waals surface area contributed by atoms with Crippen LogP contribution in [0, 0.1) is 6.92 Å². The second-order valence-corrected chi connectivity index (χ2v) is 5.30. The summed E-state index contributed by atoms with van der Waals surface area (Å²) in [5.41, 5.74) is 7.95. The lowest BCUT2D eigenvalue weighted by Gasteiger charge is -2.05. The van der Waals surface area contributed by atoms with Gasteiger partial charge in [-0.05, 0) is 30.7 Å². The first-order valence-corrected chi connectivity index (χ1v) is 7.21. The number of hydrogen-bond acceptors (Lipinski definition) is 3. The summed E-state index contributed by atoms with van der Waals surface area (Å²) in [5.74, 6) is -0.480. The number of hydrogen-bond donors (Lipinski definition) is 2. The molecule has 1 heterocycles. The summed E-state index contributed by atoms with van der Waals surface area (Å²) < 4.78 is 5.62. The first kappa shape index (κ1) is 14.8. The molecule has 0 aliphatic heterocycles. The maximum Gasteiger partial charge on any atom is 0.287 e. The van der Waals surface area contributed by atoms with Gasteiger partial charge in [0.15, 0.2) is 5.76 Å². The average Bonchev–Trinajstić information content (AvgIpc) is 2.90. The zero-order valence-corrected chi connectivity index (χ0v) is 12.6. The lowest BCUT2D eigenvalue weighted by atomic mass is 10.1. The van der Waals surface area contributed by atoms with E-state index in [0.717, 1.165) is 16.5 Å². The molecule has 0 aliphatic rings. The minimum atomic E-state index is -0.494. The van der Waals surface area contributed by atoms with Crippen LogP contribution in [0.5, 0.6) is 0 Å². The van der Waals surface area contributed by atoms with Crippen molar-refractivity contribution in [3.63, 3.8) is 0 Å². The topological polar surface area (TPSA) is 85.3 Å². The normalized spacial score (nSPS) is 10.7. The SMILES string of the molecule is Cc1c(C(=O)NCc2cccc(C(N)=O)c2)oc2ccccc12. The molecule has 0 bridgehead atoms. The predicted molar refractivity (Wildman–Crippen MR) is 87.1 cm³/mol. The molecule has 0 spiro atoms. The summed E-state index contributed by atoms with van der Waals surface area (Å²) in [4.78, 5) is 23.5. The quantitative estimate of drug-likeness (QED) is 0.777. The molecule has 0 saturated carbocycles. The third kappa shape index (κ3) is 2.94. The lowest BCUT2D eigenvalue weighted by Crippen LogP contribution is -2.23. The van der Waals surface area contributed by atoms with Gasteiger partial charge in [0.2, 0.25) is 5.91 Å². The van der Waals surface area contributed by atoms with Crippen molar-refractivity contribution in [3.05, 3.63) is 71.0 Å². The van der Waals surface area contributed by atoms with E-state index in [1.807, 2.05) is 37.3 Å². The molecule has 0 atom stereocenters. The van der Waals surface area contributed by atoms with E-state index in [2.05, 4.69) is 5.32 Å². The smallest absolute Gasteiger partial charge is 0.287 e. The maximum atomic E-state index is 12.3. The fourth-order valence-electron chi connectivity index (χ4n) is 2.49. The first-order chi connectivity index (χ1) is 11.1. The van der Waals surface area contributed by atoms with E-state index in [4.69, 9.17) is 10.2 Å². The highest BCUT2D eigenvalue weighted by atomic mass is 16.3. The van der Waals surface area contributed by atoms with Gasteiger partial charge in [0.05, 0.1) is 0 Å². The Morgan fingerprint density at radius 2 is 1.91 bits per heavy atom. The third-order valence-corrected chi connectivity index (χ3v) is 3.71. The largest absolute Gasteiger partial charge is 0.451 e. The summed E-state index contributed by atoms with van der Waals surface area (Å²) in [6, 6.07) is 14.4. The number of benzene rings is 2. The fourth-order valence-corrected chi connectivity index (χ4v) is 2.49. The Labute approximate surface area is 133 Å². The second kappa shape index (κ2) is 5.96. The molecule has 2 amide bonds. The Morgan fingerprint density at radius 3 is 2.65 bits per heavy atom. The molecule has 5 nitrogen and oxygen atoms in total. The predicted octanol–water partition coefficient (Wildman–Crippen LogP) is 2.77. The molecule has 1 aromatic heterocycles. The molecule has 5 heteroatoms. The lowest BCUT2D eigenvalue weighted by molar-refractivity contribution is 0.0924. The standard InChI is InChI=1S/C18H16N2O3/c1-11-14-7-2-3-8-15(14)23-16(11)18(22)20-10-12-5-4-6-13(9-12)17(19)21/h2-9H,10H2,1H3,(H2,19,21)(H,20,22). The van der Waals surface area contributed by atoms with Crippen LogP contribution in [-0.2, 0) is 6.54 Å². The van der Waals surface area contributed by atoms with Crippen molar-refractivity contribution in [1.29, 1.82) is 0 Å². The van der Waals surface area contributed by atoms with Crippen molar-refractivity contribution >= 4 is 22.8 Å². The number of rotatable bonds is 4.